The highest BCUT2D eigenvalue weighted by Crippen LogP contribution is 2.26. The minimum absolute atomic E-state index is 0.0381. The third kappa shape index (κ3) is 4.88. The molecule has 0 aliphatic heterocycles. The van der Waals surface area contributed by atoms with Gasteiger partial charge in [0, 0.05) is 12.6 Å². The summed E-state index contributed by atoms with van der Waals surface area (Å²) < 4.78 is 53.6. The van der Waals surface area contributed by atoms with Crippen molar-refractivity contribution in [3.05, 3.63) is 29.8 Å². The van der Waals surface area contributed by atoms with E-state index in [4.69, 9.17) is 0 Å². The molecule has 0 radical (unpaired) electrons. The standard InChI is InChI=1S/C16H24F2N2O2S/c1-11(2)23(21,22)20-13-8-6-12(7-9-13)10-19-16-14(17)4-3-5-15(16)18/h3-5,11-13,19-20H,6-10H2,1-2H3. The van der Waals surface area contributed by atoms with Crippen molar-refractivity contribution in [2.75, 3.05) is 11.9 Å². The first-order valence-electron chi connectivity index (χ1n) is 7.98. The zero-order valence-corrected chi connectivity index (χ0v) is 14.3. The molecule has 2 rings (SSSR count). The number of para-hydroxylation sites is 1. The minimum Gasteiger partial charge on any atom is -0.380 e. The quantitative estimate of drug-likeness (QED) is 0.831. The van der Waals surface area contributed by atoms with E-state index in [1.54, 1.807) is 13.8 Å². The van der Waals surface area contributed by atoms with Gasteiger partial charge < -0.3 is 5.32 Å². The maximum absolute atomic E-state index is 13.5. The molecule has 0 aromatic heterocycles. The number of hydrogen-bond acceptors (Lipinski definition) is 3. The highest BCUT2D eigenvalue weighted by Gasteiger charge is 2.26. The van der Waals surface area contributed by atoms with Crippen molar-refractivity contribution in [3.63, 3.8) is 0 Å². The summed E-state index contributed by atoms with van der Waals surface area (Å²) in [6, 6.07) is 3.75. The van der Waals surface area contributed by atoms with Crippen molar-refractivity contribution in [1.82, 2.24) is 4.72 Å². The fourth-order valence-electron chi connectivity index (χ4n) is 2.77. The van der Waals surface area contributed by atoms with Crippen LogP contribution in [0.3, 0.4) is 0 Å². The Bertz CT molecular complexity index is 607. The first kappa shape index (κ1) is 18.1. The Morgan fingerprint density at radius 3 is 2.22 bits per heavy atom. The van der Waals surface area contributed by atoms with Crippen molar-refractivity contribution >= 4 is 15.7 Å². The van der Waals surface area contributed by atoms with E-state index >= 15 is 0 Å². The van der Waals surface area contributed by atoms with Crippen molar-refractivity contribution in [1.29, 1.82) is 0 Å². The Kier molecular flexibility index (Phi) is 5.97. The summed E-state index contributed by atoms with van der Waals surface area (Å²) in [5.74, 6) is -0.902. The summed E-state index contributed by atoms with van der Waals surface area (Å²) in [6.45, 7) is 3.79. The molecule has 130 valence electrons. The van der Waals surface area contributed by atoms with E-state index in [1.807, 2.05) is 0 Å². The van der Waals surface area contributed by atoms with Gasteiger partial charge in [0.2, 0.25) is 10.0 Å². The summed E-state index contributed by atoms with van der Waals surface area (Å²) in [4.78, 5) is 0. The zero-order chi connectivity index (χ0) is 17.0. The minimum atomic E-state index is -3.25. The van der Waals surface area contributed by atoms with Gasteiger partial charge in [-0.1, -0.05) is 6.07 Å². The lowest BCUT2D eigenvalue weighted by atomic mass is 9.86. The molecule has 7 heteroatoms. The van der Waals surface area contributed by atoms with Crippen molar-refractivity contribution in [2.45, 2.75) is 50.8 Å². The second-order valence-electron chi connectivity index (χ2n) is 6.41. The van der Waals surface area contributed by atoms with Gasteiger partial charge in [-0.2, -0.15) is 0 Å². The number of hydrogen-bond donors (Lipinski definition) is 2. The average molecular weight is 346 g/mol. The van der Waals surface area contributed by atoms with E-state index in [0.717, 1.165) is 25.7 Å². The molecule has 1 aliphatic carbocycles. The molecule has 1 fully saturated rings. The van der Waals surface area contributed by atoms with E-state index in [9.17, 15) is 17.2 Å². The maximum Gasteiger partial charge on any atom is 0.214 e. The lowest BCUT2D eigenvalue weighted by Crippen LogP contribution is -2.41. The summed E-state index contributed by atoms with van der Waals surface area (Å²) in [5, 5.41) is 2.40. The Hall–Kier alpha value is -1.21. The first-order chi connectivity index (χ1) is 10.8. The van der Waals surface area contributed by atoms with Crippen LogP contribution in [0.25, 0.3) is 0 Å². The van der Waals surface area contributed by atoms with E-state index < -0.39 is 26.9 Å². The molecule has 2 N–H and O–H groups in total. The Morgan fingerprint density at radius 2 is 1.70 bits per heavy atom. The number of halogens is 2. The lowest BCUT2D eigenvalue weighted by Gasteiger charge is -2.29. The van der Waals surface area contributed by atoms with Crippen LogP contribution in [-0.2, 0) is 10.0 Å². The number of sulfonamides is 1. The monoisotopic (exact) mass is 346 g/mol. The Labute approximate surface area is 136 Å². The highest BCUT2D eigenvalue weighted by atomic mass is 32.2. The van der Waals surface area contributed by atoms with E-state index in [2.05, 4.69) is 10.0 Å². The van der Waals surface area contributed by atoms with Gasteiger partial charge in [-0.25, -0.2) is 21.9 Å². The highest BCUT2D eigenvalue weighted by molar-refractivity contribution is 7.90. The largest absolute Gasteiger partial charge is 0.380 e. The summed E-state index contributed by atoms with van der Waals surface area (Å²) in [5.41, 5.74) is -0.0878. The molecule has 0 spiro atoms. The summed E-state index contributed by atoms with van der Waals surface area (Å²) in [7, 11) is -3.25. The Balaban J connectivity index is 1.81. The number of anilines is 1. The van der Waals surface area contributed by atoms with Gasteiger partial charge in [0.05, 0.1) is 5.25 Å². The van der Waals surface area contributed by atoms with E-state index in [1.165, 1.54) is 18.2 Å². The van der Waals surface area contributed by atoms with Gasteiger partial charge >= 0.3 is 0 Å². The molecular weight excluding hydrogens is 322 g/mol. The van der Waals surface area contributed by atoms with Crippen LogP contribution < -0.4 is 10.0 Å². The average Bonchev–Trinajstić information content (AvgIpc) is 2.48. The molecule has 1 aromatic carbocycles. The molecule has 1 aliphatic rings. The van der Waals surface area contributed by atoms with Crippen molar-refractivity contribution in [2.24, 2.45) is 5.92 Å². The molecule has 0 saturated heterocycles. The van der Waals surface area contributed by atoms with Crippen molar-refractivity contribution < 1.29 is 17.2 Å². The predicted octanol–water partition coefficient (Wildman–Crippen LogP) is 3.26. The van der Waals surface area contributed by atoms with Crippen LogP contribution in [0, 0.1) is 17.6 Å². The van der Waals surface area contributed by atoms with Gasteiger partial charge in [-0.05, 0) is 57.6 Å². The second-order valence-corrected chi connectivity index (χ2v) is 8.68. The van der Waals surface area contributed by atoms with Crippen LogP contribution in [0.1, 0.15) is 39.5 Å². The lowest BCUT2D eigenvalue weighted by molar-refractivity contribution is 0.323. The van der Waals surface area contributed by atoms with Crippen LogP contribution >= 0.6 is 0 Å². The molecule has 4 nitrogen and oxygen atoms in total. The third-order valence-electron chi connectivity index (χ3n) is 4.33. The molecule has 1 aromatic rings. The first-order valence-corrected chi connectivity index (χ1v) is 9.53. The van der Waals surface area contributed by atoms with Gasteiger partial charge in [-0.15, -0.1) is 0 Å². The van der Waals surface area contributed by atoms with E-state index in [-0.39, 0.29) is 17.6 Å². The van der Waals surface area contributed by atoms with Gasteiger partial charge in [0.25, 0.3) is 0 Å². The van der Waals surface area contributed by atoms with Gasteiger partial charge in [0.1, 0.15) is 17.3 Å². The van der Waals surface area contributed by atoms with Crippen LogP contribution in [0.4, 0.5) is 14.5 Å². The predicted molar refractivity (Wildman–Crippen MR) is 87.8 cm³/mol. The SMILES string of the molecule is CC(C)S(=O)(=O)NC1CCC(CNc2c(F)cccc2F)CC1. The Morgan fingerprint density at radius 1 is 1.13 bits per heavy atom. The smallest absolute Gasteiger partial charge is 0.214 e. The molecule has 0 heterocycles. The molecule has 1 saturated carbocycles. The van der Waals surface area contributed by atoms with Gasteiger partial charge in [-0.3, -0.25) is 0 Å². The second kappa shape index (κ2) is 7.57. The topological polar surface area (TPSA) is 58.2 Å². The normalized spacial score (nSPS) is 22.3. The summed E-state index contributed by atoms with van der Waals surface area (Å²) in [6.07, 6.45) is 3.15. The summed E-state index contributed by atoms with van der Waals surface area (Å²) >= 11 is 0. The third-order valence-corrected chi connectivity index (χ3v) is 6.23. The van der Waals surface area contributed by atoms with Gasteiger partial charge in [0.15, 0.2) is 0 Å². The fourth-order valence-corrected chi connectivity index (χ4v) is 3.74. The number of nitrogens with one attached hydrogen (secondary N) is 2. The number of rotatable bonds is 6. The molecule has 0 amide bonds. The fraction of sp³-hybridized carbons (Fsp3) is 0.625. The van der Waals surface area contributed by atoms with Crippen LogP contribution in [0.2, 0.25) is 0 Å². The molecule has 23 heavy (non-hydrogen) atoms. The van der Waals surface area contributed by atoms with Crippen LogP contribution in [0.15, 0.2) is 18.2 Å². The zero-order valence-electron chi connectivity index (χ0n) is 13.5. The molecule has 0 bridgehead atoms. The van der Waals surface area contributed by atoms with Crippen molar-refractivity contribution in [3.8, 4) is 0 Å². The number of benzene rings is 1. The maximum atomic E-state index is 13.5. The van der Waals surface area contributed by atoms with Crippen LogP contribution in [0.5, 0.6) is 0 Å². The van der Waals surface area contributed by atoms with Crippen LogP contribution in [-0.4, -0.2) is 26.3 Å². The molecular formula is C16H24F2N2O2S. The molecule has 0 unspecified atom stereocenters. The van der Waals surface area contributed by atoms with E-state index in [0.29, 0.717) is 6.54 Å². The molecule has 0 atom stereocenters.